The van der Waals surface area contributed by atoms with Crippen LogP contribution in [-0.4, -0.2) is 37.6 Å². The number of nitrogens with two attached hydrogens (primary N) is 1. The second-order valence-electron chi connectivity index (χ2n) is 5.21. The van der Waals surface area contributed by atoms with Crippen LogP contribution in [0.4, 0.5) is 0 Å². The first kappa shape index (κ1) is 21.5. The Morgan fingerprint density at radius 1 is 1.30 bits per heavy atom. The molecule has 1 aromatic rings. The van der Waals surface area contributed by atoms with E-state index in [1.807, 2.05) is 31.2 Å². The van der Waals surface area contributed by atoms with Crippen LogP contribution in [0.1, 0.15) is 26.3 Å². The third-order valence-electron chi connectivity index (χ3n) is 2.74. The van der Waals surface area contributed by atoms with Gasteiger partial charge in [-0.3, -0.25) is 9.79 Å². The molecule has 0 heterocycles. The predicted octanol–water partition coefficient (Wildman–Crippen LogP) is 1.67. The Kier molecular flexibility index (Phi) is 11.2. The van der Waals surface area contributed by atoms with Crippen molar-refractivity contribution >= 4 is 35.8 Å². The molecule has 0 bridgehead atoms. The first-order valence-corrected chi connectivity index (χ1v) is 7.56. The highest BCUT2D eigenvalue weighted by Gasteiger charge is 2.00. The van der Waals surface area contributed by atoms with Crippen molar-refractivity contribution in [3.63, 3.8) is 0 Å². The molecule has 0 radical (unpaired) electrons. The van der Waals surface area contributed by atoms with Gasteiger partial charge in [-0.15, -0.1) is 24.0 Å². The maximum atomic E-state index is 10.6. The summed E-state index contributed by atoms with van der Waals surface area (Å²) < 4.78 is 5.22. The lowest BCUT2D eigenvalue weighted by molar-refractivity contribution is -0.119. The number of nitrogens with one attached hydrogen (secondary N) is 2. The minimum atomic E-state index is -0.480. The number of nitrogens with zero attached hydrogens (tertiary/aromatic N) is 1. The van der Waals surface area contributed by atoms with Crippen molar-refractivity contribution < 1.29 is 9.53 Å². The normalized spacial score (nSPS) is 10.9. The highest BCUT2D eigenvalue weighted by molar-refractivity contribution is 14.0. The fraction of sp³-hybridized carbons (Fsp3) is 0.500. The average molecular weight is 434 g/mol. The number of carbonyl (C=O) groups is 1. The van der Waals surface area contributed by atoms with Crippen molar-refractivity contribution in [1.82, 2.24) is 10.6 Å². The zero-order valence-electron chi connectivity index (χ0n) is 14.0. The second-order valence-corrected chi connectivity index (χ2v) is 5.21. The molecule has 23 heavy (non-hydrogen) atoms. The third kappa shape index (κ3) is 9.98. The standard InChI is InChI=1S/C16H26N4O2.HI/c1-4-18-16(20-12(2)3)19-10-9-13-5-7-14(8-6-13)22-11-15(17)21;/h5-8,12H,4,9-11H2,1-3H3,(H2,17,21)(H2,18,19,20);1H. The minimum absolute atomic E-state index is 0. The molecule has 0 aliphatic heterocycles. The predicted molar refractivity (Wildman–Crippen MR) is 105 cm³/mol. The SMILES string of the molecule is CCNC(=NCCc1ccc(OCC(N)=O)cc1)NC(C)C.I. The number of benzene rings is 1. The summed E-state index contributed by atoms with van der Waals surface area (Å²) in [5.41, 5.74) is 6.20. The van der Waals surface area contributed by atoms with Gasteiger partial charge in [-0.1, -0.05) is 12.1 Å². The van der Waals surface area contributed by atoms with Crippen LogP contribution in [0.3, 0.4) is 0 Å². The van der Waals surface area contributed by atoms with E-state index in [2.05, 4.69) is 29.5 Å². The molecule has 0 saturated heterocycles. The van der Waals surface area contributed by atoms with Crippen molar-refractivity contribution in [2.75, 3.05) is 19.7 Å². The molecule has 1 amide bonds. The Morgan fingerprint density at radius 3 is 2.48 bits per heavy atom. The van der Waals surface area contributed by atoms with E-state index >= 15 is 0 Å². The summed E-state index contributed by atoms with van der Waals surface area (Å²) in [6, 6.07) is 7.95. The van der Waals surface area contributed by atoms with E-state index in [4.69, 9.17) is 10.5 Å². The molecule has 6 nitrogen and oxygen atoms in total. The lowest BCUT2D eigenvalue weighted by Gasteiger charge is -2.13. The molecule has 7 heteroatoms. The van der Waals surface area contributed by atoms with Crippen LogP contribution < -0.4 is 21.1 Å². The molecule has 130 valence electrons. The van der Waals surface area contributed by atoms with E-state index in [1.165, 1.54) is 0 Å². The molecule has 1 aromatic carbocycles. The van der Waals surface area contributed by atoms with Gasteiger partial charge >= 0.3 is 0 Å². The summed E-state index contributed by atoms with van der Waals surface area (Å²) in [5, 5.41) is 6.49. The van der Waals surface area contributed by atoms with E-state index in [0.29, 0.717) is 18.3 Å². The number of rotatable bonds is 8. The van der Waals surface area contributed by atoms with E-state index in [1.54, 1.807) is 0 Å². The molecule has 0 aromatic heterocycles. The summed E-state index contributed by atoms with van der Waals surface area (Å²) in [5.74, 6) is 0.992. The molecular weight excluding hydrogens is 407 g/mol. The van der Waals surface area contributed by atoms with Crippen LogP contribution in [0.2, 0.25) is 0 Å². The van der Waals surface area contributed by atoms with Crippen LogP contribution in [0.25, 0.3) is 0 Å². The van der Waals surface area contributed by atoms with Gasteiger partial charge in [-0.2, -0.15) is 0 Å². The Labute approximate surface area is 155 Å². The molecular formula is C16H27IN4O2. The van der Waals surface area contributed by atoms with Crippen molar-refractivity contribution in [2.45, 2.75) is 33.2 Å². The number of hydrogen-bond donors (Lipinski definition) is 3. The number of ether oxygens (including phenoxy) is 1. The van der Waals surface area contributed by atoms with E-state index in [0.717, 1.165) is 24.5 Å². The lowest BCUT2D eigenvalue weighted by atomic mass is 10.1. The fourth-order valence-corrected chi connectivity index (χ4v) is 1.80. The summed E-state index contributed by atoms with van der Waals surface area (Å²) in [6.45, 7) is 7.64. The molecule has 0 aliphatic carbocycles. The van der Waals surface area contributed by atoms with Crippen LogP contribution in [0, 0.1) is 0 Å². The van der Waals surface area contributed by atoms with Crippen molar-refractivity contribution in [2.24, 2.45) is 10.7 Å². The lowest BCUT2D eigenvalue weighted by Crippen LogP contribution is -2.41. The van der Waals surface area contributed by atoms with Crippen LogP contribution in [0.15, 0.2) is 29.3 Å². The van der Waals surface area contributed by atoms with Crippen molar-refractivity contribution in [3.05, 3.63) is 29.8 Å². The zero-order chi connectivity index (χ0) is 16.4. The highest BCUT2D eigenvalue weighted by Crippen LogP contribution is 2.12. The molecule has 0 aliphatic rings. The van der Waals surface area contributed by atoms with Gasteiger partial charge in [0.2, 0.25) is 0 Å². The first-order chi connectivity index (χ1) is 10.5. The Hall–Kier alpha value is -1.51. The first-order valence-electron chi connectivity index (χ1n) is 7.56. The molecule has 0 fully saturated rings. The summed E-state index contributed by atoms with van der Waals surface area (Å²) in [6.07, 6.45) is 0.838. The molecule has 0 spiro atoms. The van der Waals surface area contributed by atoms with Gasteiger partial charge in [0.25, 0.3) is 5.91 Å². The number of halogens is 1. The van der Waals surface area contributed by atoms with Crippen LogP contribution in [0.5, 0.6) is 5.75 Å². The topological polar surface area (TPSA) is 88.7 Å². The molecule has 4 N–H and O–H groups in total. The Bertz CT molecular complexity index is 489. The van der Waals surface area contributed by atoms with Gasteiger partial charge in [-0.25, -0.2) is 0 Å². The van der Waals surface area contributed by atoms with Gasteiger partial charge in [0.1, 0.15) is 5.75 Å². The van der Waals surface area contributed by atoms with E-state index in [9.17, 15) is 4.79 Å². The number of hydrogen-bond acceptors (Lipinski definition) is 3. The summed E-state index contributed by atoms with van der Waals surface area (Å²) >= 11 is 0. The second kappa shape index (κ2) is 12.0. The molecule has 0 unspecified atom stereocenters. The van der Waals surface area contributed by atoms with Gasteiger partial charge in [0.15, 0.2) is 12.6 Å². The number of amides is 1. The fourth-order valence-electron chi connectivity index (χ4n) is 1.80. The van der Waals surface area contributed by atoms with Crippen LogP contribution >= 0.6 is 24.0 Å². The number of carbonyl (C=O) groups excluding carboxylic acids is 1. The number of aliphatic imine (C=N–C) groups is 1. The third-order valence-corrected chi connectivity index (χ3v) is 2.74. The van der Waals surface area contributed by atoms with Crippen LogP contribution in [-0.2, 0) is 11.2 Å². The maximum absolute atomic E-state index is 10.6. The van der Waals surface area contributed by atoms with Gasteiger partial charge in [0.05, 0.1) is 0 Å². The zero-order valence-corrected chi connectivity index (χ0v) is 16.3. The summed E-state index contributed by atoms with van der Waals surface area (Å²) in [4.78, 5) is 15.2. The quantitative estimate of drug-likeness (QED) is 0.330. The van der Waals surface area contributed by atoms with Gasteiger partial charge in [-0.05, 0) is 44.9 Å². The van der Waals surface area contributed by atoms with E-state index in [-0.39, 0.29) is 30.6 Å². The maximum Gasteiger partial charge on any atom is 0.255 e. The number of guanidine groups is 1. The summed E-state index contributed by atoms with van der Waals surface area (Å²) in [7, 11) is 0. The molecule has 0 atom stereocenters. The van der Waals surface area contributed by atoms with Gasteiger partial charge in [0, 0.05) is 19.1 Å². The Balaban J connectivity index is 0.00000484. The molecule has 1 rings (SSSR count). The molecule has 0 saturated carbocycles. The minimum Gasteiger partial charge on any atom is -0.484 e. The van der Waals surface area contributed by atoms with E-state index < -0.39 is 5.91 Å². The monoisotopic (exact) mass is 434 g/mol. The van der Waals surface area contributed by atoms with Crippen molar-refractivity contribution in [1.29, 1.82) is 0 Å². The van der Waals surface area contributed by atoms with Crippen molar-refractivity contribution in [3.8, 4) is 5.75 Å². The smallest absolute Gasteiger partial charge is 0.255 e. The van der Waals surface area contributed by atoms with Gasteiger partial charge < -0.3 is 21.1 Å². The highest BCUT2D eigenvalue weighted by atomic mass is 127. The number of primary amides is 1. The Morgan fingerprint density at radius 2 is 1.96 bits per heavy atom. The average Bonchev–Trinajstić information content (AvgIpc) is 2.46. The largest absolute Gasteiger partial charge is 0.484 e.